The molecule has 0 radical (unpaired) electrons. The second-order valence-corrected chi connectivity index (χ2v) is 6.94. The summed E-state index contributed by atoms with van der Waals surface area (Å²) in [5.74, 6) is 1.61. The molecule has 0 spiro atoms. The molecule has 0 bridgehead atoms. The Balaban J connectivity index is 1.58. The summed E-state index contributed by atoms with van der Waals surface area (Å²) in [6, 6.07) is 4.26. The number of nitrogens with zero attached hydrogens (tertiary/aromatic N) is 6. The van der Waals surface area contributed by atoms with Crippen LogP contribution in [0.25, 0.3) is 5.82 Å². The van der Waals surface area contributed by atoms with E-state index in [1.807, 2.05) is 34.6 Å². The number of aryl methyl sites for hydroxylation is 2. The van der Waals surface area contributed by atoms with Crippen molar-refractivity contribution in [2.24, 2.45) is 12.0 Å². The first-order chi connectivity index (χ1) is 13.5. The molecule has 3 heterocycles. The SMILES string of the molecule is CN=C(NCc1ccnc(-n2ccnc2)c1)NC(C)Cc1c(C)nn(C)c1C. The Morgan fingerprint density at radius 1 is 1.29 bits per heavy atom. The number of aromatic nitrogens is 5. The average Bonchev–Trinajstić information content (AvgIpc) is 3.30. The molecule has 28 heavy (non-hydrogen) atoms. The molecule has 0 amide bonds. The van der Waals surface area contributed by atoms with Crippen molar-refractivity contribution in [3.8, 4) is 5.82 Å². The Kier molecular flexibility index (Phi) is 6.08. The van der Waals surface area contributed by atoms with Gasteiger partial charge in [-0.25, -0.2) is 9.97 Å². The Labute approximate surface area is 165 Å². The van der Waals surface area contributed by atoms with Gasteiger partial charge in [0.05, 0.1) is 5.69 Å². The Bertz CT molecular complexity index is 939. The van der Waals surface area contributed by atoms with Crippen LogP contribution in [0.2, 0.25) is 0 Å². The van der Waals surface area contributed by atoms with Gasteiger partial charge in [0.2, 0.25) is 0 Å². The molecule has 0 aliphatic heterocycles. The van der Waals surface area contributed by atoms with Crippen LogP contribution in [0.5, 0.6) is 0 Å². The minimum Gasteiger partial charge on any atom is -0.354 e. The predicted octanol–water partition coefficient (Wildman–Crippen LogP) is 1.91. The molecule has 3 aromatic rings. The minimum absolute atomic E-state index is 0.228. The van der Waals surface area contributed by atoms with Gasteiger partial charge in [-0.3, -0.25) is 14.2 Å². The summed E-state index contributed by atoms with van der Waals surface area (Å²) in [5.41, 5.74) is 4.70. The molecule has 3 rings (SSSR count). The van der Waals surface area contributed by atoms with Crippen LogP contribution in [0.4, 0.5) is 0 Å². The van der Waals surface area contributed by atoms with E-state index in [2.05, 4.69) is 51.5 Å². The van der Waals surface area contributed by atoms with E-state index in [4.69, 9.17) is 0 Å². The van der Waals surface area contributed by atoms with Gasteiger partial charge in [-0.1, -0.05) is 0 Å². The molecule has 0 fully saturated rings. The number of pyridine rings is 1. The van der Waals surface area contributed by atoms with E-state index < -0.39 is 0 Å². The zero-order valence-corrected chi connectivity index (χ0v) is 17.1. The van der Waals surface area contributed by atoms with Crippen LogP contribution in [-0.4, -0.2) is 43.4 Å². The third kappa shape index (κ3) is 4.57. The first kappa shape index (κ1) is 19.6. The van der Waals surface area contributed by atoms with Crippen molar-refractivity contribution in [3.63, 3.8) is 0 Å². The summed E-state index contributed by atoms with van der Waals surface area (Å²) in [6.45, 7) is 6.98. The molecular formula is C20H28N8. The quantitative estimate of drug-likeness (QED) is 0.504. The standard InChI is InChI=1S/C20H28N8/c1-14(10-18-15(2)26-27(5)16(18)3)25-20(21-4)24-12-17-6-7-23-19(11-17)28-9-8-22-13-28/h6-9,11,13-14H,10,12H2,1-5H3,(H2,21,24,25). The van der Waals surface area contributed by atoms with Crippen molar-refractivity contribution < 1.29 is 0 Å². The first-order valence-electron chi connectivity index (χ1n) is 9.37. The van der Waals surface area contributed by atoms with Crippen LogP contribution in [-0.2, 0) is 20.0 Å². The van der Waals surface area contributed by atoms with Crippen LogP contribution < -0.4 is 10.6 Å². The lowest BCUT2D eigenvalue weighted by atomic mass is 10.1. The van der Waals surface area contributed by atoms with Gasteiger partial charge in [-0.15, -0.1) is 0 Å². The highest BCUT2D eigenvalue weighted by atomic mass is 15.3. The van der Waals surface area contributed by atoms with E-state index in [1.165, 1.54) is 11.3 Å². The molecule has 8 heteroatoms. The van der Waals surface area contributed by atoms with E-state index in [-0.39, 0.29) is 6.04 Å². The Hall–Kier alpha value is -3.16. The molecule has 0 saturated heterocycles. The molecule has 0 aromatic carbocycles. The van der Waals surface area contributed by atoms with Gasteiger partial charge in [-0.2, -0.15) is 5.10 Å². The second-order valence-electron chi connectivity index (χ2n) is 6.94. The predicted molar refractivity (Wildman–Crippen MR) is 111 cm³/mol. The van der Waals surface area contributed by atoms with Crippen molar-refractivity contribution in [1.82, 2.24) is 34.9 Å². The molecule has 0 aliphatic rings. The van der Waals surface area contributed by atoms with E-state index in [0.29, 0.717) is 6.54 Å². The fourth-order valence-electron chi connectivity index (χ4n) is 3.19. The van der Waals surface area contributed by atoms with Gasteiger partial charge in [0.15, 0.2) is 5.96 Å². The molecular weight excluding hydrogens is 352 g/mol. The molecule has 2 N–H and O–H groups in total. The summed E-state index contributed by atoms with van der Waals surface area (Å²) < 4.78 is 3.82. The lowest BCUT2D eigenvalue weighted by Crippen LogP contribution is -2.42. The highest BCUT2D eigenvalue weighted by Crippen LogP contribution is 2.14. The van der Waals surface area contributed by atoms with Crippen molar-refractivity contribution >= 4 is 5.96 Å². The van der Waals surface area contributed by atoms with Crippen LogP contribution in [0.3, 0.4) is 0 Å². The number of hydrogen-bond acceptors (Lipinski definition) is 4. The normalized spacial score (nSPS) is 12.8. The van der Waals surface area contributed by atoms with Crippen molar-refractivity contribution in [2.45, 2.75) is 39.8 Å². The number of aliphatic imine (C=N–C) groups is 1. The molecule has 1 atom stereocenters. The Morgan fingerprint density at radius 2 is 2.11 bits per heavy atom. The fourth-order valence-corrected chi connectivity index (χ4v) is 3.19. The maximum Gasteiger partial charge on any atom is 0.191 e. The topological polar surface area (TPSA) is 84.9 Å². The van der Waals surface area contributed by atoms with E-state index in [9.17, 15) is 0 Å². The maximum atomic E-state index is 4.50. The summed E-state index contributed by atoms with van der Waals surface area (Å²) in [4.78, 5) is 12.8. The van der Waals surface area contributed by atoms with Crippen LogP contribution in [0.1, 0.15) is 29.4 Å². The zero-order valence-electron chi connectivity index (χ0n) is 17.1. The minimum atomic E-state index is 0.228. The molecule has 3 aromatic heterocycles. The van der Waals surface area contributed by atoms with E-state index >= 15 is 0 Å². The number of guanidine groups is 1. The Morgan fingerprint density at radius 3 is 2.75 bits per heavy atom. The van der Waals surface area contributed by atoms with Crippen LogP contribution in [0, 0.1) is 13.8 Å². The number of imidazole rings is 1. The molecule has 1 unspecified atom stereocenters. The number of hydrogen-bond donors (Lipinski definition) is 2. The largest absolute Gasteiger partial charge is 0.354 e. The van der Waals surface area contributed by atoms with Crippen molar-refractivity contribution in [1.29, 1.82) is 0 Å². The van der Waals surface area contributed by atoms with E-state index in [0.717, 1.165) is 29.5 Å². The summed E-state index contributed by atoms with van der Waals surface area (Å²) >= 11 is 0. The summed E-state index contributed by atoms with van der Waals surface area (Å²) in [6.07, 6.45) is 8.06. The van der Waals surface area contributed by atoms with Crippen molar-refractivity contribution in [3.05, 3.63) is 59.6 Å². The van der Waals surface area contributed by atoms with Gasteiger partial charge >= 0.3 is 0 Å². The van der Waals surface area contributed by atoms with Gasteiger partial charge in [0, 0.05) is 51.0 Å². The average molecular weight is 381 g/mol. The highest BCUT2D eigenvalue weighted by molar-refractivity contribution is 5.79. The monoisotopic (exact) mass is 380 g/mol. The smallest absolute Gasteiger partial charge is 0.191 e. The molecule has 0 aliphatic carbocycles. The summed E-state index contributed by atoms with van der Waals surface area (Å²) in [7, 11) is 3.77. The van der Waals surface area contributed by atoms with E-state index in [1.54, 1.807) is 25.8 Å². The first-order valence-corrected chi connectivity index (χ1v) is 9.37. The third-order valence-corrected chi connectivity index (χ3v) is 4.81. The van der Waals surface area contributed by atoms with Gasteiger partial charge < -0.3 is 10.6 Å². The maximum absolute atomic E-state index is 4.50. The fraction of sp³-hybridized carbons (Fsp3) is 0.400. The van der Waals surface area contributed by atoms with Crippen LogP contribution in [0.15, 0.2) is 42.0 Å². The van der Waals surface area contributed by atoms with Gasteiger partial charge in [0.25, 0.3) is 0 Å². The van der Waals surface area contributed by atoms with Crippen LogP contribution >= 0.6 is 0 Å². The summed E-state index contributed by atoms with van der Waals surface area (Å²) in [5, 5.41) is 11.3. The zero-order chi connectivity index (χ0) is 20.1. The highest BCUT2D eigenvalue weighted by Gasteiger charge is 2.14. The number of nitrogens with one attached hydrogen (secondary N) is 2. The van der Waals surface area contributed by atoms with Crippen molar-refractivity contribution in [2.75, 3.05) is 7.05 Å². The lowest BCUT2D eigenvalue weighted by molar-refractivity contribution is 0.635. The molecule has 8 nitrogen and oxygen atoms in total. The number of rotatable bonds is 6. The molecule has 148 valence electrons. The third-order valence-electron chi connectivity index (χ3n) is 4.81. The lowest BCUT2D eigenvalue weighted by Gasteiger charge is -2.18. The van der Waals surface area contributed by atoms with Gasteiger partial charge in [0.1, 0.15) is 12.1 Å². The van der Waals surface area contributed by atoms with Gasteiger partial charge in [-0.05, 0) is 50.5 Å². The second kappa shape index (κ2) is 8.69. The molecule has 0 saturated carbocycles.